The van der Waals surface area contributed by atoms with Crippen molar-refractivity contribution in [3.63, 3.8) is 0 Å². The number of carbonyl (C=O) groups excluding carboxylic acids is 2. The molecular formula is C31H37Cl2N3O4S. The van der Waals surface area contributed by atoms with Crippen molar-refractivity contribution in [2.75, 3.05) is 23.7 Å². The Morgan fingerprint density at radius 1 is 0.951 bits per heavy atom. The van der Waals surface area contributed by atoms with E-state index in [2.05, 4.69) is 5.32 Å². The van der Waals surface area contributed by atoms with Crippen molar-refractivity contribution in [3.8, 4) is 0 Å². The number of amides is 2. The van der Waals surface area contributed by atoms with Crippen LogP contribution in [0.5, 0.6) is 0 Å². The summed E-state index contributed by atoms with van der Waals surface area (Å²) in [5.74, 6) is -0.852. The molecule has 0 aliphatic rings. The van der Waals surface area contributed by atoms with Gasteiger partial charge in [0, 0.05) is 29.6 Å². The number of halogens is 2. The van der Waals surface area contributed by atoms with Crippen LogP contribution >= 0.6 is 23.2 Å². The van der Waals surface area contributed by atoms with Crippen molar-refractivity contribution in [1.29, 1.82) is 0 Å². The van der Waals surface area contributed by atoms with Crippen LogP contribution < -0.4 is 9.62 Å². The van der Waals surface area contributed by atoms with Crippen LogP contribution in [0.15, 0.2) is 66.7 Å². The maximum absolute atomic E-state index is 14.2. The molecule has 0 heterocycles. The first kappa shape index (κ1) is 32.4. The van der Waals surface area contributed by atoms with Crippen molar-refractivity contribution < 1.29 is 18.0 Å². The molecule has 0 radical (unpaired) electrons. The number of anilines is 1. The first-order valence-electron chi connectivity index (χ1n) is 13.5. The highest BCUT2D eigenvalue weighted by molar-refractivity contribution is 7.92. The molecule has 3 aromatic carbocycles. The second kappa shape index (κ2) is 14.7. The molecule has 0 spiro atoms. The fourth-order valence-electron chi connectivity index (χ4n) is 4.67. The molecule has 2 amide bonds. The zero-order valence-electron chi connectivity index (χ0n) is 23.9. The number of nitrogens with one attached hydrogen (secondary N) is 1. The van der Waals surface area contributed by atoms with E-state index in [1.165, 1.54) is 4.90 Å². The number of unbranched alkanes of at least 4 members (excludes halogenated alkanes) is 1. The largest absolute Gasteiger partial charge is 0.354 e. The van der Waals surface area contributed by atoms with Crippen molar-refractivity contribution in [2.45, 2.75) is 52.6 Å². The summed E-state index contributed by atoms with van der Waals surface area (Å²) in [6, 6.07) is 18.9. The van der Waals surface area contributed by atoms with Crippen LogP contribution in [0.4, 0.5) is 5.69 Å². The van der Waals surface area contributed by atoms with Gasteiger partial charge in [-0.3, -0.25) is 13.9 Å². The van der Waals surface area contributed by atoms with Gasteiger partial charge in [-0.25, -0.2) is 8.42 Å². The molecule has 0 aromatic heterocycles. The Balaban J connectivity index is 2.10. The summed E-state index contributed by atoms with van der Waals surface area (Å²) < 4.78 is 27.2. The molecule has 0 saturated carbocycles. The molecule has 0 bridgehead atoms. The standard InChI is InChI=1S/C31H37Cl2N3O4S/c1-5-6-17-34-31(38)28(18-24-13-8-7-9-14-24)35(20-25-15-16-26(32)19-27(25)33)29(37)21-36(41(4,39)40)30-22(2)11-10-12-23(30)3/h7-16,19,28H,5-6,17-18,20-21H2,1-4H3,(H,34,38)/t28-/m0/s1. The third kappa shape index (κ3) is 8.96. The lowest BCUT2D eigenvalue weighted by molar-refractivity contribution is -0.140. The third-order valence-electron chi connectivity index (χ3n) is 6.82. The minimum atomic E-state index is -3.86. The van der Waals surface area contributed by atoms with E-state index in [-0.39, 0.29) is 18.9 Å². The van der Waals surface area contributed by atoms with Crippen LogP contribution in [-0.4, -0.2) is 50.5 Å². The van der Waals surface area contributed by atoms with E-state index in [1.807, 2.05) is 43.3 Å². The quantitative estimate of drug-likeness (QED) is 0.241. The van der Waals surface area contributed by atoms with Gasteiger partial charge in [0.15, 0.2) is 0 Å². The Morgan fingerprint density at radius 3 is 2.20 bits per heavy atom. The molecule has 0 aliphatic carbocycles. The maximum atomic E-state index is 14.2. The van der Waals surface area contributed by atoms with Crippen molar-refractivity contribution in [3.05, 3.63) is 99.0 Å². The summed E-state index contributed by atoms with van der Waals surface area (Å²) in [7, 11) is -3.86. The number of carbonyl (C=O) groups is 2. The van der Waals surface area contributed by atoms with E-state index in [1.54, 1.807) is 44.2 Å². The smallest absolute Gasteiger partial charge is 0.244 e. The van der Waals surface area contributed by atoms with Gasteiger partial charge in [0.25, 0.3) is 0 Å². The third-order valence-corrected chi connectivity index (χ3v) is 8.52. The van der Waals surface area contributed by atoms with E-state index in [0.717, 1.165) is 29.0 Å². The first-order chi connectivity index (χ1) is 19.4. The molecule has 0 fully saturated rings. The SMILES string of the molecule is CCCCNC(=O)[C@H](Cc1ccccc1)N(Cc1ccc(Cl)cc1Cl)C(=O)CN(c1c(C)cccc1C)S(C)(=O)=O. The Morgan fingerprint density at radius 2 is 1.61 bits per heavy atom. The number of aryl methyl sites for hydroxylation is 2. The molecule has 220 valence electrons. The number of sulfonamides is 1. The monoisotopic (exact) mass is 617 g/mol. The van der Waals surface area contributed by atoms with Crippen LogP contribution in [0.3, 0.4) is 0 Å². The van der Waals surface area contributed by atoms with Gasteiger partial charge >= 0.3 is 0 Å². The van der Waals surface area contributed by atoms with E-state index in [4.69, 9.17) is 23.2 Å². The van der Waals surface area contributed by atoms with Gasteiger partial charge in [-0.15, -0.1) is 0 Å². The summed E-state index contributed by atoms with van der Waals surface area (Å²) in [5.41, 5.74) is 3.32. The Hall–Kier alpha value is -3.07. The predicted molar refractivity (Wildman–Crippen MR) is 167 cm³/mol. The van der Waals surface area contributed by atoms with Gasteiger partial charge in [0.1, 0.15) is 12.6 Å². The highest BCUT2D eigenvalue weighted by Crippen LogP contribution is 2.28. The molecule has 1 atom stereocenters. The van der Waals surface area contributed by atoms with Crippen LogP contribution in [0.1, 0.15) is 42.0 Å². The number of rotatable bonds is 13. The van der Waals surface area contributed by atoms with Gasteiger partial charge in [-0.2, -0.15) is 0 Å². The minimum Gasteiger partial charge on any atom is -0.354 e. The zero-order chi connectivity index (χ0) is 30.2. The number of nitrogens with zero attached hydrogens (tertiary/aromatic N) is 2. The average molecular weight is 619 g/mol. The molecule has 41 heavy (non-hydrogen) atoms. The fourth-order valence-corrected chi connectivity index (χ4v) is 6.10. The van der Waals surface area contributed by atoms with Crippen LogP contribution in [0.25, 0.3) is 0 Å². The van der Waals surface area contributed by atoms with Gasteiger partial charge < -0.3 is 10.2 Å². The van der Waals surface area contributed by atoms with Crippen molar-refractivity contribution in [2.24, 2.45) is 0 Å². The minimum absolute atomic E-state index is 0.0160. The van der Waals surface area contributed by atoms with E-state index in [0.29, 0.717) is 39.0 Å². The van der Waals surface area contributed by atoms with Crippen molar-refractivity contribution >= 4 is 50.7 Å². The fraction of sp³-hybridized carbons (Fsp3) is 0.355. The van der Waals surface area contributed by atoms with Gasteiger partial charge in [-0.1, -0.05) is 91.1 Å². The number of benzene rings is 3. The highest BCUT2D eigenvalue weighted by Gasteiger charge is 2.34. The number of hydrogen-bond donors (Lipinski definition) is 1. The molecular weight excluding hydrogens is 581 g/mol. The summed E-state index contributed by atoms with van der Waals surface area (Å²) in [6.07, 6.45) is 2.99. The number of para-hydroxylation sites is 1. The Kier molecular flexibility index (Phi) is 11.6. The summed E-state index contributed by atoms with van der Waals surface area (Å²) in [5, 5.41) is 3.74. The lowest BCUT2D eigenvalue weighted by Crippen LogP contribution is -2.53. The number of hydrogen-bond acceptors (Lipinski definition) is 4. The molecule has 10 heteroatoms. The molecule has 0 unspecified atom stereocenters. The topological polar surface area (TPSA) is 86.8 Å². The first-order valence-corrected chi connectivity index (χ1v) is 16.1. The van der Waals surface area contributed by atoms with E-state index >= 15 is 0 Å². The van der Waals surface area contributed by atoms with Gasteiger partial charge in [0.2, 0.25) is 21.8 Å². The normalized spacial score (nSPS) is 12.0. The molecule has 1 N–H and O–H groups in total. The Labute approximate surface area is 253 Å². The summed E-state index contributed by atoms with van der Waals surface area (Å²) in [4.78, 5) is 29.3. The van der Waals surface area contributed by atoms with Crippen molar-refractivity contribution in [1.82, 2.24) is 10.2 Å². The van der Waals surface area contributed by atoms with Crippen LogP contribution in [0, 0.1) is 13.8 Å². The lowest BCUT2D eigenvalue weighted by atomic mass is 10.0. The molecule has 0 saturated heterocycles. The predicted octanol–water partition coefficient (Wildman–Crippen LogP) is 5.93. The second-order valence-corrected chi connectivity index (χ2v) is 12.9. The van der Waals surface area contributed by atoms with Gasteiger partial charge in [-0.05, 0) is 54.7 Å². The van der Waals surface area contributed by atoms with Crippen LogP contribution in [-0.2, 0) is 32.6 Å². The average Bonchev–Trinajstić information content (AvgIpc) is 2.91. The van der Waals surface area contributed by atoms with E-state index in [9.17, 15) is 18.0 Å². The van der Waals surface area contributed by atoms with Crippen LogP contribution in [0.2, 0.25) is 10.0 Å². The Bertz CT molecular complexity index is 1450. The molecule has 3 rings (SSSR count). The lowest BCUT2D eigenvalue weighted by Gasteiger charge is -2.34. The van der Waals surface area contributed by atoms with E-state index < -0.39 is 28.5 Å². The maximum Gasteiger partial charge on any atom is 0.244 e. The zero-order valence-corrected chi connectivity index (χ0v) is 26.2. The molecule has 0 aliphatic heterocycles. The molecule has 3 aromatic rings. The highest BCUT2D eigenvalue weighted by atomic mass is 35.5. The second-order valence-electron chi connectivity index (χ2n) is 10.1. The van der Waals surface area contributed by atoms with Gasteiger partial charge in [0.05, 0.1) is 11.9 Å². The summed E-state index contributed by atoms with van der Waals surface area (Å²) >= 11 is 12.6. The molecule has 7 nitrogen and oxygen atoms in total. The summed E-state index contributed by atoms with van der Waals surface area (Å²) in [6.45, 7) is 5.59.